The Morgan fingerprint density at radius 1 is 1.33 bits per heavy atom. The molecule has 1 aliphatic heterocycles. The van der Waals surface area contributed by atoms with Gasteiger partial charge in [0, 0.05) is 24.2 Å². The number of fused-ring (bicyclic) bond motifs is 1. The number of anilines is 1. The summed E-state index contributed by atoms with van der Waals surface area (Å²) in [6.45, 7) is 6.28. The third-order valence-corrected chi connectivity index (χ3v) is 3.80. The molecule has 114 valence electrons. The molecule has 2 rings (SSSR count). The maximum absolute atomic E-state index is 12.2. The van der Waals surface area contributed by atoms with E-state index in [0.29, 0.717) is 6.54 Å². The van der Waals surface area contributed by atoms with Crippen LogP contribution in [-0.4, -0.2) is 35.6 Å². The predicted molar refractivity (Wildman–Crippen MR) is 81.5 cm³/mol. The van der Waals surface area contributed by atoms with Crippen LogP contribution in [0.15, 0.2) is 24.3 Å². The molecule has 1 aromatic rings. The van der Waals surface area contributed by atoms with Crippen molar-refractivity contribution in [1.29, 1.82) is 0 Å². The second-order valence-corrected chi connectivity index (χ2v) is 5.85. The van der Waals surface area contributed by atoms with Gasteiger partial charge in [0.05, 0.1) is 6.42 Å². The lowest BCUT2D eigenvalue weighted by molar-refractivity contribution is -0.137. The number of nitrogens with one attached hydrogen (secondary N) is 1. The standard InChI is InChI=1S/C16H22N2O3/c1-10(2)17-16(21)11(3)18-9-12(8-15(19)20)13-6-4-5-7-14(13)18/h4-7,10-12H,8-9H2,1-3H3,(H,17,21)(H,19,20). The lowest BCUT2D eigenvalue weighted by atomic mass is 9.98. The van der Waals surface area contributed by atoms with E-state index >= 15 is 0 Å². The number of nitrogens with zero attached hydrogens (tertiary/aromatic N) is 1. The van der Waals surface area contributed by atoms with E-state index < -0.39 is 5.97 Å². The van der Waals surface area contributed by atoms with E-state index in [1.807, 2.05) is 49.9 Å². The summed E-state index contributed by atoms with van der Waals surface area (Å²) in [5.74, 6) is -0.903. The highest BCUT2D eigenvalue weighted by Crippen LogP contribution is 2.39. The van der Waals surface area contributed by atoms with Crippen molar-refractivity contribution in [2.24, 2.45) is 0 Å². The van der Waals surface area contributed by atoms with Crippen LogP contribution in [0.2, 0.25) is 0 Å². The first-order valence-corrected chi connectivity index (χ1v) is 7.28. The molecule has 21 heavy (non-hydrogen) atoms. The minimum atomic E-state index is -0.809. The fourth-order valence-corrected chi connectivity index (χ4v) is 2.83. The number of amides is 1. The van der Waals surface area contributed by atoms with E-state index in [1.165, 1.54) is 0 Å². The number of aliphatic carboxylic acids is 1. The van der Waals surface area contributed by atoms with Crippen LogP contribution >= 0.6 is 0 Å². The lowest BCUT2D eigenvalue weighted by Gasteiger charge is -2.27. The molecule has 1 aliphatic rings. The molecule has 1 amide bonds. The number of hydrogen-bond acceptors (Lipinski definition) is 3. The molecule has 1 heterocycles. The summed E-state index contributed by atoms with van der Waals surface area (Å²) in [6.07, 6.45) is 0.0893. The second kappa shape index (κ2) is 6.16. The largest absolute Gasteiger partial charge is 0.481 e. The van der Waals surface area contributed by atoms with E-state index in [2.05, 4.69) is 5.32 Å². The first-order valence-electron chi connectivity index (χ1n) is 7.28. The molecule has 0 fully saturated rings. The van der Waals surface area contributed by atoms with Gasteiger partial charge >= 0.3 is 5.97 Å². The molecule has 2 atom stereocenters. The molecule has 1 aromatic carbocycles. The molecule has 0 aliphatic carbocycles. The monoisotopic (exact) mass is 290 g/mol. The van der Waals surface area contributed by atoms with E-state index in [1.54, 1.807) is 0 Å². The summed E-state index contributed by atoms with van der Waals surface area (Å²) in [7, 11) is 0. The summed E-state index contributed by atoms with van der Waals surface area (Å²) < 4.78 is 0. The first-order chi connectivity index (χ1) is 9.90. The smallest absolute Gasteiger partial charge is 0.304 e. The van der Waals surface area contributed by atoms with Crippen molar-refractivity contribution in [3.63, 3.8) is 0 Å². The van der Waals surface area contributed by atoms with Crippen molar-refractivity contribution in [1.82, 2.24) is 5.32 Å². The van der Waals surface area contributed by atoms with Crippen LogP contribution in [0.5, 0.6) is 0 Å². The molecule has 0 aromatic heterocycles. The van der Waals surface area contributed by atoms with Crippen LogP contribution in [0.3, 0.4) is 0 Å². The lowest BCUT2D eigenvalue weighted by Crippen LogP contribution is -2.46. The van der Waals surface area contributed by atoms with Gasteiger partial charge in [0.1, 0.15) is 6.04 Å². The van der Waals surface area contributed by atoms with Gasteiger partial charge in [0.2, 0.25) is 5.91 Å². The molecule has 0 bridgehead atoms. The molecule has 0 radical (unpaired) electrons. The minimum absolute atomic E-state index is 0.0317. The summed E-state index contributed by atoms with van der Waals surface area (Å²) in [5, 5.41) is 12.0. The number of carbonyl (C=O) groups excluding carboxylic acids is 1. The fourth-order valence-electron chi connectivity index (χ4n) is 2.83. The van der Waals surface area contributed by atoms with Crippen molar-refractivity contribution in [2.75, 3.05) is 11.4 Å². The zero-order valence-electron chi connectivity index (χ0n) is 12.7. The Morgan fingerprint density at radius 2 is 2.00 bits per heavy atom. The molecule has 0 saturated carbocycles. The molecule has 2 N–H and O–H groups in total. The summed E-state index contributed by atoms with van der Waals surface area (Å²) in [4.78, 5) is 25.2. The van der Waals surface area contributed by atoms with Crippen LogP contribution < -0.4 is 10.2 Å². The van der Waals surface area contributed by atoms with Crippen LogP contribution in [0.1, 0.15) is 38.7 Å². The minimum Gasteiger partial charge on any atom is -0.481 e. The Morgan fingerprint density at radius 3 is 2.62 bits per heavy atom. The fraction of sp³-hybridized carbons (Fsp3) is 0.500. The van der Waals surface area contributed by atoms with Crippen molar-refractivity contribution in [3.05, 3.63) is 29.8 Å². The quantitative estimate of drug-likeness (QED) is 0.870. The third kappa shape index (κ3) is 3.35. The molecule has 5 nitrogen and oxygen atoms in total. The highest BCUT2D eigenvalue weighted by Gasteiger charge is 2.34. The Bertz CT molecular complexity index is 542. The number of benzene rings is 1. The molecule has 5 heteroatoms. The van der Waals surface area contributed by atoms with Gasteiger partial charge in [-0.15, -0.1) is 0 Å². The van der Waals surface area contributed by atoms with Crippen LogP contribution in [0, 0.1) is 0 Å². The van der Waals surface area contributed by atoms with Crippen LogP contribution in [0.25, 0.3) is 0 Å². The van der Waals surface area contributed by atoms with Gasteiger partial charge in [-0.1, -0.05) is 18.2 Å². The Hall–Kier alpha value is -2.04. The van der Waals surface area contributed by atoms with E-state index in [0.717, 1.165) is 11.3 Å². The molecule has 0 saturated heterocycles. The molecule has 2 unspecified atom stereocenters. The van der Waals surface area contributed by atoms with Gasteiger partial charge in [0.15, 0.2) is 0 Å². The predicted octanol–water partition coefficient (Wildman–Crippen LogP) is 1.98. The number of hydrogen-bond donors (Lipinski definition) is 2. The Kier molecular flexibility index (Phi) is 4.50. The van der Waals surface area contributed by atoms with Crippen molar-refractivity contribution < 1.29 is 14.7 Å². The number of carboxylic acids is 1. The van der Waals surface area contributed by atoms with E-state index in [9.17, 15) is 9.59 Å². The van der Waals surface area contributed by atoms with Gasteiger partial charge < -0.3 is 15.3 Å². The number of rotatable bonds is 5. The maximum atomic E-state index is 12.2. The highest BCUT2D eigenvalue weighted by molar-refractivity contribution is 5.86. The summed E-state index contributed by atoms with van der Waals surface area (Å²) in [5.41, 5.74) is 1.99. The number of carbonyl (C=O) groups is 2. The third-order valence-electron chi connectivity index (χ3n) is 3.80. The van der Waals surface area contributed by atoms with Crippen LogP contribution in [0.4, 0.5) is 5.69 Å². The van der Waals surface area contributed by atoms with Gasteiger partial charge in [-0.05, 0) is 32.4 Å². The second-order valence-electron chi connectivity index (χ2n) is 5.85. The van der Waals surface area contributed by atoms with Crippen molar-refractivity contribution >= 4 is 17.6 Å². The average molecular weight is 290 g/mol. The SMILES string of the molecule is CC(C)NC(=O)C(C)N1CC(CC(=O)O)c2ccccc21. The summed E-state index contributed by atoms with van der Waals surface area (Å²) >= 11 is 0. The van der Waals surface area contributed by atoms with E-state index in [4.69, 9.17) is 5.11 Å². The van der Waals surface area contributed by atoms with Crippen LogP contribution in [-0.2, 0) is 9.59 Å². The normalized spacial score (nSPS) is 18.5. The van der Waals surface area contributed by atoms with Gasteiger partial charge in [-0.3, -0.25) is 9.59 Å². The Labute approximate surface area is 125 Å². The van der Waals surface area contributed by atoms with Gasteiger partial charge in [0.25, 0.3) is 0 Å². The van der Waals surface area contributed by atoms with Crippen molar-refractivity contribution in [3.8, 4) is 0 Å². The number of carboxylic acid groups (broad SMARTS) is 1. The zero-order chi connectivity index (χ0) is 15.6. The number of para-hydroxylation sites is 1. The first kappa shape index (κ1) is 15.4. The topological polar surface area (TPSA) is 69.6 Å². The maximum Gasteiger partial charge on any atom is 0.304 e. The molecule has 0 spiro atoms. The molecular weight excluding hydrogens is 268 g/mol. The Balaban J connectivity index is 2.22. The van der Waals surface area contributed by atoms with Gasteiger partial charge in [-0.25, -0.2) is 0 Å². The zero-order valence-corrected chi connectivity index (χ0v) is 12.7. The van der Waals surface area contributed by atoms with Crippen molar-refractivity contribution in [2.45, 2.75) is 45.2 Å². The average Bonchev–Trinajstić information content (AvgIpc) is 2.75. The molecular formula is C16H22N2O3. The van der Waals surface area contributed by atoms with E-state index in [-0.39, 0.29) is 30.3 Å². The highest BCUT2D eigenvalue weighted by atomic mass is 16.4. The summed E-state index contributed by atoms with van der Waals surface area (Å²) in [6, 6.07) is 7.52. The van der Waals surface area contributed by atoms with Gasteiger partial charge in [-0.2, -0.15) is 0 Å².